The normalized spacial score (nSPS) is 11.7. The third kappa shape index (κ3) is 25.7. The number of hydrogen-bond acceptors (Lipinski definition) is 2. The summed E-state index contributed by atoms with van der Waals surface area (Å²) in [4.78, 5) is 11.8. The second-order valence-electron chi connectivity index (χ2n) is 9.87. The van der Waals surface area contributed by atoms with E-state index in [0.29, 0.717) is 6.42 Å². The predicted octanol–water partition coefficient (Wildman–Crippen LogP) is 8.90. The summed E-state index contributed by atoms with van der Waals surface area (Å²) in [5.74, 6) is 0.956. The lowest BCUT2D eigenvalue weighted by Gasteiger charge is -2.06. The molecule has 0 N–H and O–H groups in total. The van der Waals surface area contributed by atoms with Crippen molar-refractivity contribution in [2.24, 2.45) is 5.92 Å². The number of rotatable bonds is 24. The number of unbranched alkanes of at least 4 members (excludes halogenated alkanes) is 17. The van der Waals surface area contributed by atoms with E-state index in [0.717, 1.165) is 12.3 Å². The van der Waals surface area contributed by atoms with Crippen LogP contribution in [0.2, 0.25) is 6.04 Å². The van der Waals surface area contributed by atoms with Crippen LogP contribution in [0.3, 0.4) is 0 Å². The molecule has 0 fully saturated rings. The van der Waals surface area contributed by atoms with Crippen LogP contribution in [0.4, 0.5) is 0 Å². The Kier molecular flexibility index (Phi) is 24.7. The fourth-order valence-corrected chi connectivity index (χ4v) is 5.16. The van der Waals surface area contributed by atoms with Crippen molar-refractivity contribution in [3.05, 3.63) is 0 Å². The molecule has 0 aliphatic heterocycles. The molecule has 0 rings (SSSR count). The minimum Gasteiger partial charge on any atom is -0.525 e. The maximum absolute atomic E-state index is 11.8. The lowest BCUT2D eigenvalue weighted by atomic mass is 10.0. The van der Waals surface area contributed by atoms with Crippen molar-refractivity contribution in [2.45, 2.75) is 162 Å². The van der Waals surface area contributed by atoms with Crippen molar-refractivity contribution in [3.8, 4) is 0 Å². The van der Waals surface area contributed by atoms with Crippen LogP contribution in [0.5, 0.6) is 0 Å². The summed E-state index contributed by atoms with van der Waals surface area (Å²) in [7, 11) is -0.589. The molecule has 0 amide bonds. The van der Waals surface area contributed by atoms with Gasteiger partial charge in [0, 0.05) is 6.42 Å². The number of carbonyl (C=O) groups excluding carboxylic acids is 1. The molecule has 0 heterocycles. The molecule has 0 spiro atoms. The van der Waals surface area contributed by atoms with Crippen LogP contribution in [0.1, 0.15) is 156 Å². The van der Waals surface area contributed by atoms with Crippen LogP contribution in [0.25, 0.3) is 0 Å². The minimum absolute atomic E-state index is 0.0788. The first-order valence-electron chi connectivity index (χ1n) is 13.8. The van der Waals surface area contributed by atoms with Crippen LogP contribution in [-0.2, 0) is 9.22 Å². The average molecular weight is 441 g/mol. The first-order valence-corrected chi connectivity index (χ1v) is 15.4. The van der Waals surface area contributed by atoms with Crippen molar-refractivity contribution in [1.29, 1.82) is 0 Å². The summed E-state index contributed by atoms with van der Waals surface area (Å²) in [6.07, 6.45) is 27.8. The Morgan fingerprint density at radius 1 is 0.633 bits per heavy atom. The van der Waals surface area contributed by atoms with E-state index in [1.807, 2.05) is 0 Å². The zero-order valence-corrected chi connectivity index (χ0v) is 22.6. The van der Waals surface area contributed by atoms with Gasteiger partial charge in [0.15, 0.2) is 0 Å². The summed E-state index contributed by atoms with van der Waals surface area (Å²) < 4.78 is 5.48. The van der Waals surface area contributed by atoms with Gasteiger partial charge in [-0.05, 0) is 18.4 Å². The van der Waals surface area contributed by atoms with Crippen LogP contribution >= 0.6 is 0 Å². The molecule has 0 radical (unpaired) electrons. The zero-order chi connectivity index (χ0) is 22.1. The predicted molar refractivity (Wildman–Crippen MR) is 137 cm³/mol. The van der Waals surface area contributed by atoms with Gasteiger partial charge in [0.05, 0.1) is 0 Å². The molecule has 180 valence electrons. The minimum atomic E-state index is -0.589. The third-order valence-electron chi connectivity index (χ3n) is 6.17. The average Bonchev–Trinajstić information content (AvgIpc) is 2.72. The standard InChI is InChI=1S/C27H56O2Si/c1-4-5-6-19-22-25-30-29-27(28)24-21-18-16-14-12-10-8-7-9-11-13-15-17-20-23-26(2)3/h26H,4-25,30H2,1-3H3. The molecule has 3 heteroatoms. The number of hydrogen-bond donors (Lipinski definition) is 0. The quantitative estimate of drug-likeness (QED) is 0.111. The molecule has 0 saturated heterocycles. The van der Waals surface area contributed by atoms with Crippen molar-refractivity contribution in [3.63, 3.8) is 0 Å². The van der Waals surface area contributed by atoms with Gasteiger partial charge < -0.3 is 4.43 Å². The Morgan fingerprint density at radius 3 is 1.57 bits per heavy atom. The van der Waals surface area contributed by atoms with Gasteiger partial charge in [0.1, 0.15) is 0 Å². The lowest BCUT2D eigenvalue weighted by molar-refractivity contribution is -0.134. The third-order valence-corrected chi connectivity index (χ3v) is 7.49. The smallest absolute Gasteiger partial charge is 0.292 e. The molecule has 2 nitrogen and oxygen atoms in total. The SMILES string of the molecule is CCCCCCC[SiH2]OC(=O)CCCCCCCCCCCCCCCCC(C)C. The van der Waals surface area contributed by atoms with E-state index in [4.69, 9.17) is 4.43 Å². The highest BCUT2D eigenvalue weighted by molar-refractivity contribution is 6.30. The maximum Gasteiger partial charge on any atom is 0.292 e. The van der Waals surface area contributed by atoms with E-state index in [9.17, 15) is 4.79 Å². The van der Waals surface area contributed by atoms with E-state index in [2.05, 4.69) is 20.8 Å². The molecule has 0 aromatic heterocycles. The molecule has 0 aromatic rings. The van der Waals surface area contributed by atoms with Crippen LogP contribution in [-0.4, -0.2) is 15.7 Å². The first-order chi connectivity index (χ1) is 14.7. The lowest BCUT2D eigenvalue weighted by Crippen LogP contribution is -2.08. The highest BCUT2D eigenvalue weighted by Gasteiger charge is 2.02. The van der Waals surface area contributed by atoms with Crippen LogP contribution < -0.4 is 0 Å². The molecule has 0 saturated carbocycles. The summed E-state index contributed by atoms with van der Waals surface area (Å²) >= 11 is 0. The highest BCUT2D eigenvalue weighted by atomic mass is 28.2. The second kappa shape index (κ2) is 25.0. The van der Waals surface area contributed by atoms with Crippen LogP contribution in [0, 0.1) is 5.92 Å². The fourth-order valence-electron chi connectivity index (χ4n) is 4.08. The van der Waals surface area contributed by atoms with E-state index < -0.39 is 9.76 Å². The van der Waals surface area contributed by atoms with E-state index >= 15 is 0 Å². The van der Waals surface area contributed by atoms with Gasteiger partial charge in [-0.2, -0.15) is 0 Å². The Morgan fingerprint density at radius 2 is 1.07 bits per heavy atom. The Bertz CT molecular complexity index is 344. The van der Waals surface area contributed by atoms with Crippen molar-refractivity contribution in [2.75, 3.05) is 0 Å². The monoisotopic (exact) mass is 440 g/mol. The molecular weight excluding hydrogens is 384 g/mol. The van der Waals surface area contributed by atoms with Crippen molar-refractivity contribution >= 4 is 15.7 Å². The Balaban J connectivity index is 3.12. The van der Waals surface area contributed by atoms with Gasteiger partial charge in [-0.3, -0.25) is 4.79 Å². The molecule has 0 bridgehead atoms. The zero-order valence-electron chi connectivity index (χ0n) is 21.2. The van der Waals surface area contributed by atoms with Gasteiger partial charge in [-0.15, -0.1) is 0 Å². The summed E-state index contributed by atoms with van der Waals surface area (Å²) in [5.41, 5.74) is 0. The van der Waals surface area contributed by atoms with Gasteiger partial charge in [-0.1, -0.05) is 143 Å². The van der Waals surface area contributed by atoms with Crippen molar-refractivity contribution in [1.82, 2.24) is 0 Å². The molecular formula is C27H56O2Si. The van der Waals surface area contributed by atoms with Gasteiger partial charge >= 0.3 is 0 Å². The van der Waals surface area contributed by atoms with E-state index in [1.54, 1.807) is 0 Å². The summed E-state index contributed by atoms with van der Waals surface area (Å²) in [6.45, 7) is 6.90. The van der Waals surface area contributed by atoms with Crippen molar-refractivity contribution < 1.29 is 9.22 Å². The largest absolute Gasteiger partial charge is 0.525 e. The van der Waals surface area contributed by atoms with E-state index in [-0.39, 0.29) is 5.97 Å². The molecule has 30 heavy (non-hydrogen) atoms. The van der Waals surface area contributed by atoms with E-state index in [1.165, 1.54) is 128 Å². The Labute approximate surface area is 192 Å². The maximum atomic E-state index is 11.8. The van der Waals surface area contributed by atoms with Crippen LogP contribution in [0.15, 0.2) is 0 Å². The fraction of sp³-hybridized carbons (Fsp3) is 0.963. The van der Waals surface area contributed by atoms with Gasteiger partial charge in [0.2, 0.25) is 9.76 Å². The Hall–Kier alpha value is -0.313. The number of carbonyl (C=O) groups is 1. The molecule has 0 aliphatic carbocycles. The molecule has 0 atom stereocenters. The van der Waals surface area contributed by atoms with Gasteiger partial charge in [-0.25, -0.2) is 0 Å². The van der Waals surface area contributed by atoms with Gasteiger partial charge in [0.25, 0.3) is 5.97 Å². The summed E-state index contributed by atoms with van der Waals surface area (Å²) in [6, 6.07) is 1.17. The topological polar surface area (TPSA) is 26.3 Å². The molecule has 0 aliphatic rings. The molecule has 0 aromatic carbocycles. The molecule has 0 unspecified atom stereocenters. The highest BCUT2D eigenvalue weighted by Crippen LogP contribution is 2.15. The summed E-state index contributed by atoms with van der Waals surface area (Å²) in [5, 5.41) is 0. The second-order valence-corrected chi connectivity index (χ2v) is 11.3. The first kappa shape index (κ1) is 29.7.